The van der Waals surface area contributed by atoms with E-state index in [0.717, 1.165) is 44.9 Å². The lowest BCUT2D eigenvalue weighted by atomic mass is 10.0. The average Bonchev–Trinajstić information content (AvgIpc) is 3.45. The highest BCUT2D eigenvalue weighted by molar-refractivity contribution is 7.47. The highest BCUT2D eigenvalue weighted by Crippen LogP contribution is 2.43. The molecule has 0 fully saturated rings. The van der Waals surface area contributed by atoms with Crippen molar-refractivity contribution in [3.05, 3.63) is 24.3 Å². The van der Waals surface area contributed by atoms with Crippen LogP contribution in [0.15, 0.2) is 24.3 Å². The van der Waals surface area contributed by atoms with Gasteiger partial charge in [0.15, 0.2) is 0 Å². The number of amides is 1. The van der Waals surface area contributed by atoms with Crippen LogP contribution in [0.1, 0.15) is 386 Å². The lowest BCUT2D eigenvalue weighted by Crippen LogP contribution is -2.46. The minimum absolute atomic E-state index is 0.0780. The Balaban J connectivity index is 3.95. The Bertz CT molecular complexity index is 1390. The number of phosphoric ester groups is 1. The number of hydrogen-bond donors (Lipinski definition) is 3. The first-order valence-corrected chi connectivity index (χ1v) is 38.2. The average molecular weight is 1180 g/mol. The number of likely N-dealkylation sites (N-methyl/N-ethyl adjacent to an activating group) is 1. The Labute approximate surface area is 513 Å². The molecule has 0 bridgehead atoms. The van der Waals surface area contributed by atoms with Gasteiger partial charge < -0.3 is 19.8 Å². The van der Waals surface area contributed by atoms with Crippen LogP contribution in [-0.2, 0) is 18.4 Å². The van der Waals surface area contributed by atoms with Crippen LogP contribution in [0.5, 0.6) is 0 Å². The molecule has 0 aliphatic carbocycles. The lowest BCUT2D eigenvalue weighted by molar-refractivity contribution is -0.870. The zero-order valence-corrected chi connectivity index (χ0v) is 56.9. The smallest absolute Gasteiger partial charge is 0.391 e. The van der Waals surface area contributed by atoms with Gasteiger partial charge in [0.2, 0.25) is 5.91 Å². The van der Waals surface area contributed by atoms with Crippen molar-refractivity contribution < 1.29 is 32.9 Å². The van der Waals surface area contributed by atoms with Crippen molar-refractivity contribution in [2.75, 3.05) is 40.9 Å². The Morgan fingerprint density at radius 1 is 0.415 bits per heavy atom. The molecule has 3 N–H and O–H groups in total. The summed E-state index contributed by atoms with van der Waals surface area (Å²) in [6.45, 7) is 4.94. The Morgan fingerprint density at radius 2 is 0.695 bits per heavy atom. The number of carbonyl (C=O) groups is 1. The van der Waals surface area contributed by atoms with Crippen LogP contribution in [0.25, 0.3) is 0 Å². The molecular weight excluding hydrogens is 1030 g/mol. The van der Waals surface area contributed by atoms with Gasteiger partial charge in [-0.25, -0.2) is 4.57 Å². The summed E-state index contributed by atoms with van der Waals surface area (Å²) in [6, 6.07) is -0.759. The summed E-state index contributed by atoms with van der Waals surface area (Å²) >= 11 is 0. The van der Waals surface area contributed by atoms with E-state index in [1.54, 1.807) is 0 Å². The number of allylic oxidation sites excluding steroid dienone is 4. The molecule has 0 saturated heterocycles. The zero-order valence-electron chi connectivity index (χ0n) is 56.0. The van der Waals surface area contributed by atoms with E-state index in [4.69, 9.17) is 9.05 Å². The van der Waals surface area contributed by atoms with Crippen molar-refractivity contribution in [1.29, 1.82) is 0 Å². The van der Waals surface area contributed by atoms with Crippen LogP contribution in [-0.4, -0.2) is 73.4 Å². The lowest BCUT2D eigenvalue weighted by Gasteiger charge is -2.26. The second-order valence-electron chi connectivity index (χ2n) is 26.7. The number of hydrogen-bond acceptors (Lipinski definition) is 5. The van der Waals surface area contributed by atoms with Crippen molar-refractivity contribution >= 4 is 13.7 Å². The molecule has 0 radical (unpaired) electrons. The van der Waals surface area contributed by atoms with Gasteiger partial charge in [-0.1, -0.05) is 359 Å². The maximum absolute atomic E-state index is 13.1. The van der Waals surface area contributed by atoms with Gasteiger partial charge in [0.05, 0.1) is 39.9 Å². The molecule has 0 spiro atoms. The second kappa shape index (κ2) is 64.5. The molecule has 0 heterocycles. The number of aliphatic hydroxyl groups is 1. The fourth-order valence-electron chi connectivity index (χ4n) is 11.5. The minimum atomic E-state index is -4.33. The molecule has 0 aliphatic rings. The maximum Gasteiger partial charge on any atom is 0.472 e. The number of nitrogens with zero attached hydrogens (tertiary/aromatic N) is 1. The first-order chi connectivity index (χ1) is 40.0. The number of aliphatic hydroxyl groups excluding tert-OH is 1. The van der Waals surface area contributed by atoms with Crippen LogP contribution < -0.4 is 5.32 Å². The molecule has 82 heavy (non-hydrogen) atoms. The number of carbonyl (C=O) groups excluding carboxylic acids is 1. The third-order valence-corrected chi connectivity index (χ3v) is 18.2. The normalized spacial score (nSPS) is 13.7. The first kappa shape index (κ1) is 81.0. The molecule has 0 aromatic heterocycles. The van der Waals surface area contributed by atoms with Crippen LogP contribution in [0.4, 0.5) is 0 Å². The van der Waals surface area contributed by atoms with E-state index in [-0.39, 0.29) is 19.1 Å². The van der Waals surface area contributed by atoms with Crippen molar-refractivity contribution in [1.82, 2.24) is 5.32 Å². The number of rotatable bonds is 69. The highest BCUT2D eigenvalue weighted by Gasteiger charge is 2.28. The van der Waals surface area contributed by atoms with Crippen molar-refractivity contribution in [2.24, 2.45) is 0 Å². The van der Waals surface area contributed by atoms with Gasteiger partial charge in [0, 0.05) is 6.42 Å². The molecule has 8 nitrogen and oxygen atoms in total. The quantitative estimate of drug-likeness (QED) is 0.0243. The molecule has 0 rings (SSSR count). The van der Waals surface area contributed by atoms with Crippen LogP contribution in [0.3, 0.4) is 0 Å². The fraction of sp³-hybridized carbons (Fsp3) is 0.932. The maximum atomic E-state index is 13.1. The van der Waals surface area contributed by atoms with E-state index in [9.17, 15) is 19.4 Å². The van der Waals surface area contributed by atoms with Crippen LogP contribution >= 0.6 is 7.82 Å². The molecule has 9 heteroatoms. The Kier molecular flexibility index (Phi) is 63.7. The summed E-state index contributed by atoms with van der Waals surface area (Å²) < 4.78 is 23.9. The third kappa shape index (κ3) is 66.5. The monoisotopic (exact) mass is 1180 g/mol. The van der Waals surface area contributed by atoms with Crippen molar-refractivity contribution in [3.8, 4) is 0 Å². The minimum Gasteiger partial charge on any atom is -0.391 e. The van der Waals surface area contributed by atoms with Gasteiger partial charge in [-0.15, -0.1) is 0 Å². The molecule has 0 aromatic rings. The van der Waals surface area contributed by atoms with Gasteiger partial charge in [-0.2, -0.15) is 0 Å². The summed E-state index contributed by atoms with van der Waals surface area (Å²) in [5, 5.41) is 14.2. The van der Waals surface area contributed by atoms with Gasteiger partial charge in [0.25, 0.3) is 0 Å². The molecule has 3 atom stereocenters. The second-order valence-corrected chi connectivity index (χ2v) is 28.1. The molecule has 3 unspecified atom stereocenters. The number of unbranched alkanes of at least 4 members (excludes halogenated alkanes) is 52. The van der Waals surface area contributed by atoms with Crippen LogP contribution in [0, 0.1) is 0 Å². The van der Waals surface area contributed by atoms with Crippen molar-refractivity contribution in [2.45, 2.75) is 398 Å². The van der Waals surface area contributed by atoms with Crippen molar-refractivity contribution in [3.63, 3.8) is 0 Å². The summed E-state index contributed by atoms with van der Waals surface area (Å²) in [7, 11) is 1.64. The largest absolute Gasteiger partial charge is 0.472 e. The predicted octanol–water partition coefficient (Wildman–Crippen LogP) is 23.4. The van der Waals surface area contributed by atoms with Gasteiger partial charge in [0.1, 0.15) is 13.2 Å². The third-order valence-electron chi connectivity index (χ3n) is 17.2. The van der Waals surface area contributed by atoms with E-state index in [1.165, 1.54) is 315 Å². The number of nitrogens with one attached hydrogen (secondary N) is 1. The van der Waals surface area contributed by atoms with Crippen LogP contribution in [0.2, 0.25) is 0 Å². The Hall–Kier alpha value is -1.02. The van der Waals surface area contributed by atoms with E-state index >= 15 is 0 Å². The van der Waals surface area contributed by atoms with E-state index < -0.39 is 20.0 Å². The summed E-state index contributed by atoms with van der Waals surface area (Å²) in [5.41, 5.74) is 0. The zero-order chi connectivity index (χ0) is 59.8. The highest BCUT2D eigenvalue weighted by atomic mass is 31.2. The van der Waals surface area contributed by atoms with Gasteiger partial charge >= 0.3 is 7.82 Å². The predicted molar refractivity (Wildman–Crippen MR) is 360 cm³/mol. The van der Waals surface area contributed by atoms with Gasteiger partial charge in [-0.05, 0) is 44.9 Å². The van der Waals surface area contributed by atoms with E-state index in [2.05, 4.69) is 43.5 Å². The van der Waals surface area contributed by atoms with Gasteiger partial charge in [-0.3, -0.25) is 13.8 Å². The standard InChI is InChI=1S/C73H145N2O6P/c1-6-8-10-12-14-16-18-20-22-24-26-28-30-32-33-34-35-36-37-38-39-40-41-43-45-47-49-51-53-55-57-59-61-63-65-67-73(77)74-71(70-81-82(78,79)80-69-68-75(3,4)5)72(76)66-64-62-60-58-56-54-52-50-48-46-44-42-31-29-27-25-23-21-19-17-15-13-11-9-7-2/h18,20,24,26,71-72,76H,6-17,19,21-23,25,27-70H2,1-5H3,(H-,74,77,78,79)/p+1/b20-18-,26-24-. The summed E-state index contributed by atoms with van der Waals surface area (Å²) in [6.07, 6.45) is 84.4. The molecule has 0 aliphatic heterocycles. The number of phosphoric acid groups is 1. The molecule has 0 saturated carbocycles. The summed E-state index contributed by atoms with van der Waals surface area (Å²) in [5.74, 6) is -0.135. The Morgan fingerprint density at radius 3 is 1.00 bits per heavy atom. The molecule has 1 amide bonds. The molecule has 488 valence electrons. The number of quaternary nitrogens is 1. The van der Waals surface area contributed by atoms with E-state index in [0.29, 0.717) is 23.9 Å². The summed E-state index contributed by atoms with van der Waals surface area (Å²) in [4.78, 5) is 23.5. The molecule has 0 aromatic carbocycles. The van der Waals surface area contributed by atoms with E-state index in [1.807, 2.05) is 21.1 Å². The topological polar surface area (TPSA) is 105 Å². The first-order valence-electron chi connectivity index (χ1n) is 36.7. The molecular formula is C73H146N2O6P+. The fourth-order valence-corrected chi connectivity index (χ4v) is 12.2. The SMILES string of the molecule is CCCCCCC/C=C\C/C=C\CCCCCCCCCCCCCCCCCCCCCCCCCC(=O)NC(COP(=O)(O)OCC[N+](C)(C)C)C(O)CCCCCCCCCCCCCCCCCCCCCCCCCCC.